The molecule has 15 heavy (non-hydrogen) atoms. The largest absolute Gasteiger partial charge is 0.389 e. The highest BCUT2D eigenvalue weighted by Crippen LogP contribution is 2.20. The lowest BCUT2D eigenvalue weighted by Crippen LogP contribution is -2.04. The van der Waals surface area contributed by atoms with Gasteiger partial charge in [0.1, 0.15) is 13.3 Å². The van der Waals surface area contributed by atoms with Crippen LogP contribution >= 0.6 is 0 Å². The molecule has 96 valence electrons. The van der Waals surface area contributed by atoms with E-state index in [0.29, 0.717) is 0 Å². The van der Waals surface area contributed by atoms with Crippen molar-refractivity contribution < 1.29 is 36.5 Å². The average molecular weight is 244 g/mol. The summed E-state index contributed by atoms with van der Waals surface area (Å²) in [5.74, 6) is 0. The third-order valence-corrected chi connectivity index (χ3v) is 0.688. The third kappa shape index (κ3) is 59.0. The smallest absolute Gasteiger partial charge is 0.248 e. The van der Waals surface area contributed by atoms with Gasteiger partial charge in [-0.25, -0.2) is 4.39 Å². The molecular weight excluding hydrogens is 230 g/mol. The Morgan fingerprint density at radius 1 is 1.13 bits per heavy atom. The SMILES string of the molecule is CCCC(F)(F)F.COF.FCCOF. The average Bonchev–Trinajstić information content (AvgIpc) is 2.05. The quantitative estimate of drug-likeness (QED) is 0.704. The molecule has 8 heteroatoms. The van der Waals surface area contributed by atoms with Crippen molar-refractivity contribution in [2.45, 2.75) is 25.9 Å². The predicted molar refractivity (Wildman–Crippen MR) is 42.1 cm³/mol. The predicted octanol–water partition coefficient (Wildman–Crippen LogP) is 3.72. The summed E-state index contributed by atoms with van der Waals surface area (Å²) >= 11 is 0. The van der Waals surface area contributed by atoms with Gasteiger partial charge in [-0.15, -0.1) is 0 Å². The fraction of sp³-hybridized carbons (Fsp3) is 1.00. The Morgan fingerprint density at radius 3 is 1.53 bits per heavy atom. The first-order chi connectivity index (χ1) is 6.89. The monoisotopic (exact) mass is 244 g/mol. The molecule has 0 N–H and O–H groups in total. The van der Waals surface area contributed by atoms with Gasteiger partial charge in [-0.05, 0) is 15.5 Å². The van der Waals surface area contributed by atoms with E-state index in [0.717, 1.165) is 7.11 Å². The lowest BCUT2D eigenvalue weighted by molar-refractivity contribution is -0.134. The molecule has 0 heterocycles. The van der Waals surface area contributed by atoms with Gasteiger partial charge in [0.25, 0.3) is 0 Å². The Labute approximate surface area is 84.0 Å². The number of alkyl halides is 4. The van der Waals surface area contributed by atoms with Crippen LogP contribution in [0.1, 0.15) is 19.8 Å². The maximum atomic E-state index is 11.1. The van der Waals surface area contributed by atoms with Crippen molar-refractivity contribution in [2.24, 2.45) is 0 Å². The summed E-state index contributed by atoms with van der Waals surface area (Å²) in [6.45, 7) is 0.310. The molecule has 0 atom stereocenters. The van der Waals surface area contributed by atoms with Crippen LogP contribution in [-0.2, 0) is 9.88 Å². The molecule has 0 amide bonds. The second kappa shape index (κ2) is 15.9. The van der Waals surface area contributed by atoms with E-state index in [1.54, 1.807) is 0 Å². The first-order valence-electron chi connectivity index (χ1n) is 3.90. The van der Waals surface area contributed by atoms with Crippen LogP contribution in [0.4, 0.5) is 26.6 Å². The maximum absolute atomic E-state index is 11.1. The summed E-state index contributed by atoms with van der Waals surface area (Å²) in [5, 5.41) is 0. The Kier molecular flexibility index (Phi) is 21.2. The first kappa shape index (κ1) is 20.0. The normalized spacial score (nSPS) is 9.60. The lowest BCUT2D eigenvalue weighted by atomic mass is 10.3. The van der Waals surface area contributed by atoms with E-state index >= 15 is 0 Å². The van der Waals surface area contributed by atoms with Crippen molar-refractivity contribution in [3.8, 4) is 0 Å². The van der Waals surface area contributed by atoms with Crippen molar-refractivity contribution in [1.82, 2.24) is 0 Å². The number of halogens is 6. The van der Waals surface area contributed by atoms with Crippen LogP contribution in [0.25, 0.3) is 0 Å². The molecule has 0 aromatic heterocycles. The highest BCUT2D eigenvalue weighted by Gasteiger charge is 2.24. The van der Waals surface area contributed by atoms with Gasteiger partial charge in [-0.2, -0.15) is 23.1 Å². The topological polar surface area (TPSA) is 18.5 Å². The summed E-state index contributed by atoms with van der Waals surface area (Å²) in [6.07, 6.45) is -4.43. The minimum atomic E-state index is -3.95. The van der Waals surface area contributed by atoms with Crippen molar-refractivity contribution >= 4 is 0 Å². The number of rotatable bonds is 3. The Balaban J connectivity index is -0.000000158. The Morgan fingerprint density at radius 2 is 1.53 bits per heavy atom. The molecule has 0 fully saturated rings. The highest BCUT2D eigenvalue weighted by molar-refractivity contribution is 4.44. The van der Waals surface area contributed by atoms with Gasteiger partial charge in [0, 0.05) is 6.42 Å². The minimum absolute atomic E-state index is 0.184. The zero-order chi connectivity index (χ0) is 12.7. The van der Waals surface area contributed by atoms with E-state index in [9.17, 15) is 26.6 Å². The minimum Gasteiger partial charge on any atom is -0.248 e. The van der Waals surface area contributed by atoms with E-state index in [2.05, 4.69) is 9.88 Å². The second-order valence-corrected chi connectivity index (χ2v) is 2.02. The molecule has 0 saturated carbocycles. The van der Waals surface area contributed by atoms with Crippen LogP contribution in [0.5, 0.6) is 0 Å². The second-order valence-electron chi connectivity index (χ2n) is 2.02. The van der Waals surface area contributed by atoms with Crippen LogP contribution in [-0.4, -0.2) is 26.6 Å². The molecule has 0 bridgehead atoms. The fourth-order valence-electron chi connectivity index (χ4n) is 0.313. The standard InChI is InChI=1S/C4H7F3.C2H4F2O.CH3FO/c1-2-3-4(5,6)7;3-1-2-5-4;1-3-2/h2-3H2,1H3;1-2H2;1H3. The van der Waals surface area contributed by atoms with Gasteiger partial charge in [0.05, 0.1) is 7.11 Å². The van der Waals surface area contributed by atoms with Gasteiger partial charge in [-0.3, -0.25) is 0 Å². The maximum Gasteiger partial charge on any atom is 0.389 e. The zero-order valence-electron chi connectivity index (χ0n) is 8.41. The van der Waals surface area contributed by atoms with Crippen LogP contribution < -0.4 is 0 Å². The van der Waals surface area contributed by atoms with E-state index in [1.165, 1.54) is 6.92 Å². The summed E-state index contributed by atoms with van der Waals surface area (Å²) in [5.41, 5.74) is 0. The van der Waals surface area contributed by atoms with Crippen molar-refractivity contribution in [3.63, 3.8) is 0 Å². The van der Waals surface area contributed by atoms with E-state index < -0.39 is 25.9 Å². The van der Waals surface area contributed by atoms with Crippen LogP contribution in [0, 0.1) is 0 Å². The molecule has 0 saturated heterocycles. The summed E-state index contributed by atoms with van der Waals surface area (Å²) in [6, 6.07) is 0. The molecule has 0 aliphatic heterocycles. The van der Waals surface area contributed by atoms with Crippen molar-refractivity contribution in [2.75, 3.05) is 20.4 Å². The van der Waals surface area contributed by atoms with Gasteiger partial charge < -0.3 is 0 Å². The van der Waals surface area contributed by atoms with Crippen molar-refractivity contribution in [3.05, 3.63) is 0 Å². The van der Waals surface area contributed by atoms with E-state index in [4.69, 9.17) is 0 Å². The molecule has 0 aliphatic rings. The molecule has 0 spiro atoms. The van der Waals surface area contributed by atoms with Gasteiger partial charge in [0.2, 0.25) is 0 Å². The van der Waals surface area contributed by atoms with Crippen LogP contribution in [0.3, 0.4) is 0 Å². The fourth-order valence-corrected chi connectivity index (χ4v) is 0.313. The van der Waals surface area contributed by atoms with E-state index in [-0.39, 0.29) is 6.42 Å². The first-order valence-corrected chi connectivity index (χ1v) is 3.90. The van der Waals surface area contributed by atoms with Gasteiger partial charge >= 0.3 is 6.18 Å². The summed E-state index contributed by atoms with van der Waals surface area (Å²) in [4.78, 5) is 5.57. The Hall–Kier alpha value is -0.500. The molecule has 2 nitrogen and oxygen atoms in total. The summed E-state index contributed by atoms with van der Waals surface area (Å²) in [7, 11) is 0.958. The zero-order valence-corrected chi connectivity index (χ0v) is 8.41. The molecule has 0 rings (SSSR count). The molecule has 0 aliphatic carbocycles. The lowest BCUT2D eigenvalue weighted by Gasteiger charge is -2.00. The molecule has 0 aromatic rings. The number of hydrogen-bond acceptors (Lipinski definition) is 2. The van der Waals surface area contributed by atoms with Crippen LogP contribution in [0.15, 0.2) is 0 Å². The van der Waals surface area contributed by atoms with Crippen LogP contribution in [0.2, 0.25) is 0 Å². The third-order valence-electron chi connectivity index (χ3n) is 0.688. The Bertz CT molecular complexity index is 96.0. The number of hydrogen-bond donors (Lipinski definition) is 0. The van der Waals surface area contributed by atoms with E-state index in [1.807, 2.05) is 0 Å². The highest BCUT2D eigenvalue weighted by atomic mass is 19.4. The van der Waals surface area contributed by atoms with Gasteiger partial charge in [-0.1, -0.05) is 6.92 Å². The molecular formula is C7H14F6O2. The van der Waals surface area contributed by atoms with Gasteiger partial charge in [0.15, 0.2) is 0 Å². The summed E-state index contributed by atoms with van der Waals surface area (Å²) < 4.78 is 63.8. The molecule has 0 radical (unpaired) electrons. The van der Waals surface area contributed by atoms with Crippen molar-refractivity contribution in [1.29, 1.82) is 0 Å². The molecule has 0 aromatic carbocycles. The molecule has 0 unspecified atom stereocenters.